The van der Waals surface area contributed by atoms with E-state index in [4.69, 9.17) is 16.3 Å². The fraction of sp³-hybridized carbons (Fsp3) is 0.667. The van der Waals surface area contributed by atoms with Gasteiger partial charge < -0.3 is 9.64 Å². The van der Waals surface area contributed by atoms with Gasteiger partial charge in [0, 0.05) is 29.5 Å². The third-order valence-electron chi connectivity index (χ3n) is 9.91. The van der Waals surface area contributed by atoms with Crippen LogP contribution in [-0.4, -0.2) is 73.1 Å². The molecular weight excluding hydrogens is 615 g/mol. The first-order valence-electron chi connectivity index (χ1n) is 16.7. The van der Waals surface area contributed by atoms with Crippen molar-refractivity contribution in [1.82, 2.24) is 14.8 Å². The number of benzene rings is 1. The van der Waals surface area contributed by atoms with Gasteiger partial charge in [-0.1, -0.05) is 31.5 Å². The summed E-state index contributed by atoms with van der Waals surface area (Å²) in [5.41, 5.74) is 5.47. The summed E-state index contributed by atoms with van der Waals surface area (Å²) in [5.74, 6) is -0.0998. The van der Waals surface area contributed by atoms with Gasteiger partial charge in [0.1, 0.15) is 6.04 Å². The van der Waals surface area contributed by atoms with Crippen LogP contribution in [0.15, 0.2) is 30.6 Å². The molecule has 2 heterocycles. The van der Waals surface area contributed by atoms with E-state index >= 15 is 0 Å². The van der Waals surface area contributed by atoms with Crippen LogP contribution in [0.2, 0.25) is 5.02 Å². The van der Waals surface area contributed by atoms with Crippen molar-refractivity contribution in [1.29, 1.82) is 0 Å². The smallest absolute Gasteiger partial charge is 0.465 e. The second kappa shape index (κ2) is 15.8. The first-order valence-corrected chi connectivity index (χ1v) is 17.1. The lowest BCUT2D eigenvalue weighted by Crippen LogP contribution is -2.35. The maximum atomic E-state index is 13.7. The van der Waals surface area contributed by atoms with E-state index in [1.54, 1.807) is 19.3 Å². The molecule has 0 amide bonds. The molecule has 6 nitrogen and oxygen atoms in total. The fourth-order valence-corrected chi connectivity index (χ4v) is 7.72. The molecule has 2 fully saturated rings. The van der Waals surface area contributed by atoms with Crippen molar-refractivity contribution in [3.8, 4) is 0 Å². The molecule has 0 bridgehead atoms. The van der Waals surface area contributed by atoms with Crippen molar-refractivity contribution >= 4 is 17.6 Å². The highest BCUT2D eigenvalue weighted by molar-refractivity contribution is 6.30. The Kier molecular flexibility index (Phi) is 12.6. The summed E-state index contributed by atoms with van der Waals surface area (Å²) in [7, 11) is 1.95. The largest absolute Gasteiger partial charge is 0.522 e. The molecule has 1 saturated heterocycles. The van der Waals surface area contributed by atoms with Gasteiger partial charge in [0.05, 0.1) is 12.7 Å². The van der Waals surface area contributed by atoms with E-state index in [-0.39, 0.29) is 24.4 Å². The highest BCUT2D eigenvalue weighted by Gasteiger charge is 2.38. The number of hydrogen-bond donors (Lipinski definition) is 0. The molecule has 256 valence electrons. The average molecular weight is 666 g/mol. The van der Waals surface area contributed by atoms with Crippen molar-refractivity contribution < 1.29 is 27.4 Å². The van der Waals surface area contributed by atoms with Gasteiger partial charge in [0.15, 0.2) is 0 Å². The number of esters is 1. The standard InChI is InChI=1S/C36H51ClF3N3O3/c1-7-45-34(44)33(31-22-41-21-25(3)32(31)27-9-12-29(13-10-27)46-36(38,39)40)42(6)17-14-26(30-20-28(37)11-8-24(30)2)15-18-43-19-16-35(4,5)23-43/h8,11,20-22,26-27,29,33H,7,9-10,12-19,23H2,1-6H3/t26-,27?,29?,33?/m1/s1. The first kappa shape index (κ1) is 36.6. The van der Waals surface area contributed by atoms with E-state index in [1.807, 2.05) is 20.0 Å². The van der Waals surface area contributed by atoms with Crippen LogP contribution in [0.5, 0.6) is 0 Å². The van der Waals surface area contributed by atoms with E-state index < -0.39 is 18.5 Å². The number of aromatic nitrogens is 1. The lowest BCUT2D eigenvalue weighted by molar-refractivity contribution is -0.345. The normalized spacial score (nSPS) is 21.8. The van der Waals surface area contributed by atoms with E-state index in [0.717, 1.165) is 54.2 Å². The first-order chi connectivity index (χ1) is 21.7. The van der Waals surface area contributed by atoms with E-state index in [9.17, 15) is 18.0 Å². The molecule has 1 unspecified atom stereocenters. The summed E-state index contributed by atoms with van der Waals surface area (Å²) >= 11 is 6.49. The van der Waals surface area contributed by atoms with Crippen LogP contribution in [-0.2, 0) is 14.3 Å². The fourth-order valence-electron chi connectivity index (χ4n) is 7.54. The minimum absolute atomic E-state index is 0.00276. The van der Waals surface area contributed by atoms with Crippen LogP contribution in [0.4, 0.5) is 13.2 Å². The van der Waals surface area contributed by atoms with Gasteiger partial charge in [-0.3, -0.25) is 14.6 Å². The summed E-state index contributed by atoms with van der Waals surface area (Å²) < 4.78 is 48.6. The number of pyridine rings is 1. The van der Waals surface area contributed by atoms with Crippen LogP contribution in [0.25, 0.3) is 0 Å². The number of carbonyl (C=O) groups is 1. The molecule has 2 aromatic rings. The molecule has 1 aromatic heterocycles. The second-order valence-corrected chi connectivity index (χ2v) is 14.5. The second-order valence-electron chi connectivity index (χ2n) is 14.1. The van der Waals surface area contributed by atoms with Gasteiger partial charge in [-0.2, -0.15) is 0 Å². The zero-order chi connectivity index (χ0) is 33.6. The molecule has 46 heavy (non-hydrogen) atoms. The molecule has 0 N–H and O–H groups in total. The lowest BCUT2D eigenvalue weighted by atomic mass is 9.78. The number of alkyl halides is 3. The van der Waals surface area contributed by atoms with Gasteiger partial charge in [-0.25, -0.2) is 4.79 Å². The number of aryl methyl sites for hydroxylation is 2. The van der Waals surface area contributed by atoms with Crippen LogP contribution in [0.1, 0.15) is 111 Å². The summed E-state index contributed by atoms with van der Waals surface area (Å²) in [6.45, 7) is 14.6. The lowest BCUT2D eigenvalue weighted by Gasteiger charge is -2.34. The van der Waals surface area contributed by atoms with Gasteiger partial charge in [-0.05, 0) is 144 Å². The highest BCUT2D eigenvalue weighted by atomic mass is 35.5. The molecule has 0 radical (unpaired) electrons. The van der Waals surface area contributed by atoms with Crippen molar-refractivity contribution in [2.45, 2.75) is 110 Å². The predicted molar refractivity (Wildman–Crippen MR) is 176 cm³/mol. The zero-order valence-electron chi connectivity index (χ0n) is 28.3. The molecule has 0 spiro atoms. The van der Waals surface area contributed by atoms with Gasteiger partial charge in [-0.15, -0.1) is 13.2 Å². The summed E-state index contributed by atoms with van der Waals surface area (Å²) in [6, 6.07) is 5.40. The maximum Gasteiger partial charge on any atom is 0.522 e. The Morgan fingerprint density at radius 2 is 1.83 bits per heavy atom. The SMILES string of the molecule is CCOC(=O)C(c1cncc(C)c1C1CCC(OC(F)(F)F)CC1)N(C)CC[C@H](CCN1CCC(C)(C)C1)c1cc(Cl)ccc1C. The van der Waals surface area contributed by atoms with E-state index in [0.29, 0.717) is 37.6 Å². The Hall–Kier alpha value is -2.20. The summed E-state index contributed by atoms with van der Waals surface area (Å²) in [4.78, 5) is 22.7. The predicted octanol–water partition coefficient (Wildman–Crippen LogP) is 8.75. The highest BCUT2D eigenvalue weighted by Crippen LogP contribution is 2.41. The van der Waals surface area contributed by atoms with Crippen molar-refractivity contribution in [2.75, 3.05) is 39.8 Å². The minimum atomic E-state index is -4.64. The molecule has 2 aliphatic rings. The van der Waals surface area contributed by atoms with Gasteiger partial charge in [0.25, 0.3) is 0 Å². The van der Waals surface area contributed by atoms with Crippen LogP contribution in [0.3, 0.4) is 0 Å². The van der Waals surface area contributed by atoms with Gasteiger partial charge in [0.2, 0.25) is 0 Å². The van der Waals surface area contributed by atoms with Crippen LogP contribution < -0.4 is 0 Å². The molecule has 1 aliphatic carbocycles. The van der Waals surface area contributed by atoms with Crippen molar-refractivity contribution in [3.05, 3.63) is 63.4 Å². The molecule has 4 rings (SSSR count). The molecule has 1 saturated carbocycles. The molecular formula is C36H51ClF3N3O3. The third-order valence-corrected chi connectivity index (χ3v) is 10.1. The number of carbonyl (C=O) groups excluding carboxylic acids is 1. The monoisotopic (exact) mass is 665 g/mol. The Morgan fingerprint density at radius 3 is 2.46 bits per heavy atom. The summed E-state index contributed by atoms with van der Waals surface area (Å²) in [6.07, 6.45) is 2.73. The van der Waals surface area contributed by atoms with Crippen molar-refractivity contribution in [2.24, 2.45) is 5.41 Å². The Labute approximate surface area is 278 Å². The number of ether oxygens (including phenoxy) is 2. The average Bonchev–Trinajstić information content (AvgIpc) is 3.33. The summed E-state index contributed by atoms with van der Waals surface area (Å²) in [5, 5.41) is 0.719. The molecule has 1 aliphatic heterocycles. The Balaban J connectivity index is 1.56. The number of likely N-dealkylation sites (tertiary alicyclic amines) is 1. The number of nitrogens with zero attached hydrogens (tertiary/aromatic N) is 3. The van der Waals surface area contributed by atoms with Gasteiger partial charge >= 0.3 is 12.3 Å². The Morgan fingerprint density at radius 1 is 1.11 bits per heavy atom. The molecule has 10 heteroatoms. The topological polar surface area (TPSA) is 54.9 Å². The van der Waals surface area contributed by atoms with Crippen molar-refractivity contribution in [3.63, 3.8) is 0 Å². The van der Waals surface area contributed by atoms with E-state index in [1.165, 1.54) is 17.5 Å². The van der Waals surface area contributed by atoms with Crippen LogP contribution >= 0.6 is 11.6 Å². The maximum absolute atomic E-state index is 13.7. The Bertz CT molecular complexity index is 1310. The van der Waals surface area contributed by atoms with E-state index in [2.05, 4.69) is 52.4 Å². The quantitative estimate of drug-likeness (QED) is 0.200. The number of hydrogen-bond acceptors (Lipinski definition) is 6. The van der Waals surface area contributed by atoms with Crippen LogP contribution in [0, 0.1) is 19.3 Å². The third kappa shape index (κ3) is 9.91. The molecule has 1 aromatic carbocycles. The number of rotatable bonds is 13. The minimum Gasteiger partial charge on any atom is -0.465 e. The number of halogens is 4. The zero-order valence-corrected chi connectivity index (χ0v) is 29.0. The number of likely N-dealkylation sites (N-methyl/N-ethyl adjacent to an activating group) is 1. The molecule has 2 atom stereocenters.